The van der Waals surface area contributed by atoms with E-state index in [1.54, 1.807) is 0 Å². The summed E-state index contributed by atoms with van der Waals surface area (Å²) in [6, 6.07) is 24.7. The summed E-state index contributed by atoms with van der Waals surface area (Å²) in [4.78, 5) is 0. The predicted octanol–water partition coefficient (Wildman–Crippen LogP) is 8.14. The van der Waals surface area contributed by atoms with Crippen molar-refractivity contribution >= 4 is 28.6 Å². The van der Waals surface area contributed by atoms with Crippen molar-refractivity contribution in [1.82, 2.24) is 4.57 Å². The van der Waals surface area contributed by atoms with Crippen LogP contribution in [0, 0.1) is 0 Å². The summed E-state index contributed by atoms with van der Waals surface area (Å²) in [7, 11) is 0. The molecule has 0 N–H and O–H groups in total. The van der Waals surface area contributed by atoms with Gasteiger partial charge in [0.2, 0.25) is 0 Å². The predicted molar refractivity (Wildman–Crippen MR) is 158 cm³/mol. The largest absolute Gasteiger partial charge is 0.309 e. The van der Waals surface area contributed by atoms with Crippen molar-refractivity contribution in [2.45, 2.75) is 46.5 Å². The lowest BCUT2D eigenvalue weighted by molar-refractivity contribution is 0.919. The highest BCUT2D eigenvalue weighted by Gasteiger charge is 2.16. The molecule has 0 atom stereocenters. The van der Waals surface area contributed by atoms with Crippen LogP contribution >= 0.6 is 0 Å². The van der Waals surface area contributed by atoms with E-state index in [1.165, 1.54) is 55.0 Å². The Hall–Kier alpha value is -3.84. The fourth-order valence-electron chi connectivity index (χ4n) is 5.43. The summed E-state index contributed by atoms with van der Waals surface area (Å²) in [5, 5.41) is 4.02. The van der Waals surface area contributed by atoms with Crippen molar-refractivity contribution in [2.75, 3.05) is 0 Å². The second-order valence-electron chi connectivity index (χ2n) is 9.41. The molecule has 0 saturated heterocycles. The van der Waals surface area contributed by atoms with E-state index in [0.29, 0.717) is 0 Å². The molecule has 0 spiro atoms. The lowest BCUT2D eigenvalue weighted by atomic mass is 9.91. The van der Waals surface area contributed by atoms with Gasteiger partial charge in [-0.05, 0) is 73.6 Å². The first-order chi connectivity index (χ1) is 17.8. The molecule has 1 aromatic heterocycles. The van der Waals surface area contributed by atoms with Gasteiger partial charge in [0, 0.05) is 27.2 Å². The summed E-state index contributed by atoms with van der Waals surface area (Å²) in [6.45, 7) is 6.45. The Morgan fingerprint density at radius 3 is 2.50 bits per heavy atom. The normalized spacial score (nSPS) is 13.8. The van der Waals surface area contributed by atoms with Gasteiger partial charge in [-0.15, -0.1) is 0 Å². The van der Waals surface area contributed by atoms with Crippen molar-refractivity contribution in [2.24, 2.45) is 0 Å². The third-order valence-electron chi connectivity index (χ3n) is 7.08. The monoisotopic (exact) mass is 469 g/mol. The topological polar surface area (TPSA) is 4.93 Å². The van der Waals surface area contributed by atoms with Crippen LogP contribution in [0.5, 0.6) is 0 Å². The highest BCUT2D eigenvalue weighted by molar-refractivity contribution is 5.97. The van der Waals surface area contributed by atoms with Crippen LogP contribution in [0.4, 0.5) is 0 Å². The standard InChI is InChI=1S/C35H35N/c1-4-7-9-16-26(6-3)33-25-28(24-23-27(33)15-5-2)30-20-14-21-32-31-19-12-13-22-34(31)36(35(30)32)29-17-10-8-11-18-29/h4,6-11,14,16-25H,5,12-13,15H2,1-3H3/b7-4-,16-9-,26-6-. The van der Waals surface area contributed by atoms with Crippen LogP contribution in [-0.4, -0.2) is 4.57 Å². The molecule has 1 heterocycles. The molecule has 36 heavy (non-hydrogen) atoms. The number of nitrogens with zero attached hydrogens (tertiary/aromatic N) is 1. The summed E-state index contributed by atoms with van der Waals surface area (Å²) >= 11 is 0. The molecule has 0 fully saturated rings. The van der Waals surface area contributed by atoms with Gasteiger partial charge in [0.25, 0.3) is 0 Å². The van der Waals surface area contributed by atoms with Gasteiger partial charge >= 0.3 is 0 Å². The number of allylic oxidation sites excluding steroid dienone is 6. The molecule has 3 aromatic carbocycles. The quantitative estimate of drug-likeness (QED) is 0.241. The van der Waals surface area contributed by atoms with Crippen LogP contribution in [0.3, 0.4) is 0 Å². The number of aryl methyl sites for hydroxylation is 1. The minimum absolute atomic E-state index is 1.08. The molecule has 0 unspecified atom stereocenters. The Morgan fingerprint density at radius 2 is 1.72 bits per heavy atom. The van der Waals surface area contributed by atoms with E-state index in [0.717, 1.165) is 25.7 Å². The highest BCUT2D eigenvalue weighted by atomic mass is 15.0. The summed E-state index contributed by atoms with van der Waals surface area (Å²) < 4.78 is 2.47. The number of hydrogen-bond acceptors (Lipinski definition) is 0. The van der Waals surface area contributed by atoms with Crippen LogP contribution in [0.2, 0.25) is 0 Å². The number of aromatic nitrogens is 1. The molecule has 0 bridgehead atoms. The molecule has 180 valence electrons. The average Bonchev–Trinajstić information content (AvgIpc) is 3.27. The summed E-state index contributed by atoms with van der Waals surface area (Å²) in [5.74, 6) is 0. The zero-order valence-corrected chi connectivity index (χ0v) is 21.7. The van der Waals surface area contributed by atoms with Crippen molar-refractivity contribution in [3.05, 3.63) is 119 Å². The fourth-order valence-corrected chi connectivity index (χ4v) is 5.43. The molecule has 4 aromatic rings. The van der Waals surface area contributed by atoms with E-state index in [9.17, 15) is 0 Å². The molecule has 0 amide bonds. The van der Waals surface area contributed by atoms with E-state index in [1.807, 2.05) is 0 Å². The lowest BCUT2D eigenvalue weighted by Gasteiger charge is -2.15. The van der Waals surface area contributed by atoms with Crippen LogP contribution < -0.4 is 10.6 Å². The first-order valence-corrected chi connectivity index (χ1v) is 13.3. The molecule has 0 aliphatic heterocycles. The molecule has 5 rings (SSSR count). The minimum Gasteiger partial charge on any atom is -0.309 e. The van der Waals surface area contributed by atoms with Crippen LogP contribution in [-0.2, 0) is 6.42 Å². The smallest absolute Gasteiger partial charge is 0.0619 e. The Labute approximate surface area is 215 Å². The lowest BCUT2D eigenvalue weighted by Crippen LogP contribution is -2.30. The molecule has 1 aliphatic carbocycles. The van der Waals surface area contributed by atoms with E-state index in [4.69, 9.17) is 0 Å². The van der Waals surface area contributed by atoms with Gasteiger partial charge in [0.1, 0.15) is 0 Å². The van der Waals surface area contributed by atoms with Gasteiger partial charge in [0.15, 0.2) is 0 Å². The zero-order chi connectivity index (χ0) is 24.9. The van der Waals surface area contributed by atoms with Gasteiger partial charge in [-0.2, -0.15) is 0 Å². The van der Waals surface area contributed by atoms with Gasteiger partial charge in [-0.1, -0.05) is 104 Å². The zero-order valence-electron chi connectivity index (χ0n) is 21.7. The van der Waals surface area contributed by atoms with Crippen molar-refractivity contribution in [3.63, 3.8) is 0 Å². The number of hydrogen-bond donors (Lipinski definition) is 0. The maximum absolute atomic E-state index is 2.47. The Morgan fingerprint density at radius 1 is 0.889 bits per heavy atom. The minimum atomic E-state index is 1.08. The summed E-state index contributed by atoms with van der Waals surface area (Å²) in [6.07, 6.45) is 20.0. The molecular weight excluding hydrogens is 434 g/mol. The molecule has 0 saturated carbocycles. The highest BCUT2D eigenvalue weighted by Crippen LogP contribution is 2.33. The number of fused-ring (bicyclic) bond motifs is 3. The first-order valence-electron chi connectivity index (χ1n) is 13.3. The Bertz CT molecular complexity index is 1590. The van der Waals surface area contributed by atoms with E-state index in [-0.39, 0.29) is 0 Å². The SMILES string of the molecule is C\C=C/C=C\C(=C\C)c1cc(-c2cccc3c4c(n(-c5ccccc5)c23)=CCCC=4)ccc1CCC. The first kappa shape index (κ1) is 23.9. The van der Waals surface area contributed by atoms with Gasteiger partial charge in [0.05, 0.1) is 5.52 Å². The fraction of sp³-hybridized carbons (Fsp3) is 0.200. The molecule has 1 nitrogen and oxygen atoms in total. The number of para-hydroxylation sites is 2. The number of rotatable bonds is 7. The second-order valence-corrected chi connectivity index (χ2v) is 9.41. The van der Waals surface area contributed by atoms with E-state index < -0.39 is 0 Å². The van der Waals surface area contributed by atoms with Crippen LogP contribution in [0.25, 0.3) is 45.4 Å². The average molecular weight is 470 g/mol. The summed E-state index contributed by atoms with van der Waals surface area (Å²) in [5.41, 5.74) is 9.06. The molecular formula is C35H35N. The van der Waals surface area contributed by atoms with Gasteiger partial charge in [-0.25, -0.2) is 0 Å². The second kappa shape index (κ2) is 10.8. The Balaban J connectivity index is 1.80. The molecule has 1 heteroatoms. The maximum atomic E-state index is 2.47. The third kappa shape index (κ3) is 4.42. The Kier molecular flexibility index (Phi) is 7.18. The van der Waals surface area contributed by atoms with E-state index >= 15 is 0 Å². The van der Waals surface area contributed by atoms with Crippen LogP contribution in [0.15, 0.2) is 97.1 Å². The van der Waals surface area contributed by atoms with Crippen molar-refractivity contribution in [1.29, 1.82) is 0 Å². The van der Waals surface area contributed by atoms with Crippen molar-refractivity contribution in [3.8, 4) is 16.8 Å². The molecule has 1 aliphatic rings. The maximum Gasteiger partial charge on any atom is 0.0619 e. The molecule has 0 radical (unpaired) electrons. The van der Waals surface area contributed by atoms with E-state index in [2.05, 4.69) is 135 Å². The van der Waals surface area contributed by atoms with Gasteiger partial charge < -0.3 is 4.57 Å². The van der Waals surface area contributed by atoms with Crippen molar-refractivity contribution < 1.29 is 0 Å². The third-order valence-corrected chi connectivity index (χ3v) is 7.08. The van der Waals surface area contributed by atoms with Crippen LogP contribution in [0.1, 0.15) is 51.2 Å². The van der Waals surface area contributed by atoms with Gasteiger partial charge in [-0.3, -0.25) is 0 Å². The number of benzene rings is 3.